The number of hydrogen-bond acceptors (Lipinski definition) is 4. The van der Waals surface area contributed by atoms with Crippen LogP contribution < -0.4 is 5.32 Å². The Morgan fingerprint density at radius 1 is 1.33 bits per heavy atom. The zero-order valence-electron chi connectivity index (χ0n) is 12.1. The van der Waals surface area contributed by atoms with Crippen LogP contribution in [-0.2, 0) is 0 Å². The third-order valence-electron chi connectivity index (χ3n) is 3.36. The summed E-state index contributed by atoms with van der Waals surface area (Å²) in [5.41, 5.74) is 0. The SMILES string of the molecule is CCN(CC)CCCC(C)NC(C)c1nccs1. The van der Waals surface area contributed by atoms with Crippen molar-refractivity contribution in [2.24, 2.45) is 0 Å². The second-order valence-corrected chi connectivity index (χ2v) is 5.75. The summed E-state index contributed by atoms with van der Waals surface area (Å²) in [6.45, 7) is 12.5. The molecule has 18 heavy (non-hydrogen) atoms. The Kier molecular flexibility index (Phi) is 7.47. The van der Waals surface area contributed by atoms with Gasteiger partial charge in [0.25, 0.3) is 0 Å². The first-order valence-electron chi connectivity index (χ1n) is 7.05. The van der Waals surface area contributed by atoms with Gasteiger partial charge in [0.1, 0.15) is 5.01 Å². The van der Waals surface area contributed by atoms with E-state index in [0.29, 0.717) is 12.1 Å². The minimum Gasteiger partial charge on any atom is -0.306 e. The maximum atomic E-state index is 4.35. The van der Waals surface area contributed by atoms with E-state index in [0.717, 1.165) is 13.1 Å². The molecule has 0 aromatic carbocycles. The smallest absolute Gasteiger partial charge is 0.109 e. The van der Waals surface area contributed by atoms with Gasteiger partial charge < -0.3 is 10.2 Å². The predicted molar refractivity (Wildman–Crippen MR) is 80.1 cm³/mol. The largest absolute Gasteiger partial charge is 0.306 e. The van der Waals surface area contributed by atoms with Crippen molar-refractivity contribution < 1.29 is 0 Å². The van der Waals surface area contributed by atoms with Crippen LogP contribution in [0.5, 0.6) is 0 Å². The minimum atomic E-state index is 0.369. The van der Waals surface area contributed by atoms with Gasteiger partial charge in [-0.3, -0.25) is 0 Å². The summed E-state index contributed by atoms with van der Waals surface area (Å²) in [5.74, 6) is 0. The van der Waals surface area contributed by atoms with E-state index >= 15 is 0 Å². The number of thiazole rings is 1. The van der Waals surface area contributed by atoms with Gasteiger partial charge in [-0.2, -0.15) is 0 Å². The van der Waals surface area contributed by atoms with Crippen molar-refractivity contribution in [3.05, 3.63) is 16.6 Å². The Labute approximate surface area is 116 Å². The first-order chi connectivity index (χ1) is 8.67. The van der Waals surface area contributed by atoms with Crippen LogP contribution in [0.25, 0.3) is 0 Å². The lowest BCUT2D eigenvalue weighted by molar-refractivity contribution is 0.288. The highest BCUT2D eigenvalue weighted by Gasteiger charge is 2.11. The van der Waals surface area contributed by atoms with Crippen LogP contribution in [0.15, 0.2) is 11.6 Å². The normalized spacial score (nSPS) is 14.9. The third kappa shape index (κ3) is 5.46. The standard InChI is InChI=1S/C14H27N3S/c1-5-17(6-2)10-7-8-12(3)16-13(4)14-15-9-11-18-14/h9,11-13,16H,5-8,10H2,1-4H3. The van der Waals surface area contributed by atoms with Crippen molar-refractivity contribution in [3.63, 3.8) is 0 Å². The number of nitrogens with one attached hydrogen (secondary N) is 1. The molecule has 4 heteroatoms. The van der Waals surface area contributed by atoms with Gasteiger partial charge in [0, 0.05) is 17.6 Å². The van der Waals surface area contributed by atoms with E-state index in [2.05, 4.69) is 42.9 Å². The molecule has 3 nitrogen and oxygen atoms in total. The van der Waals surface area contributed by atoms with Crippen LogP contribution in [-0.4, -0.2) is 35.6 Å². The molecule has 1 heterocycles. The number of hydrogen-bond donors (Lipinski definition) is 1. The quantitative estimate of drug-likeness (QED) is 0.745. The Morgan fingerprint density at radius 3 is 2.61 bits per heavy atom. The summed E-state index contributed by atoms with van der Waals surface area (Å²) in [5, 5.41) is 6.85. The monoisotopic (exact) mass is 269 g/mol. The van der Waals surface area contributed by atoms with Crippen LogP contribution in [0, 0.1) is 0 Å². The molecular formula is C14H27N3S. The molecule has 0 fully saturated rings. The van der Waals surface area contributed by atoms with E-state index in [-0.39, 0.29) is 0 Å². The van der Waals surface area contributed by atoms with E-state index in [9.17, 15) is 0 Å². The van der Waals surface area contributed by atoms with Gasteiger partial charge in [-0.25, -0.2) is 4.98 Å². The molecule has 1 N–H and O–H groups in total. The lowest BCUT2D eigenvalue weighted by Gasteiger charge is -2.21. The first-order valence-corrected chi connectivity index (χ1v) is 7.93. The fraction of sp³-hybridized carbons (Fsp3) is 0.786. The van der Waals surface area contributed by atoms with Crippen LogP contribution in [0.2, 0.25) is 0 Å². The van der Waals surface area contributed by atoms with E-state index in [4.69, 9.17) is 0 Å². The minimum absolute atomic E-state index is 0.369. The van der Waals surface area contributed by atoms with Crippen molar-refractivity contribution in [1.82, 2.24) is 15.2 Å². The highest BCUT2D eigenvalue weighted by atomic mass is 32.1. The second-order valence-electron chi connectivity index (χ2n) is 4.83. The van der Waals surface area contributed by atoms with Crippen LogP contribution in [0.4, 0.5) is 0 Å². The lowest BCUT2D eigenvalue weighted by Crippen LogP contribution is -2.30. The Balaban J connectivity index is 2.19. The summed E-state index contributed by atoms with van der Waals surface area (Å²) in [6, 6.07) is 0.924. The van der Waals surface area contributed by atoms with Crippen molar-refractivity contribution in [2.45, 2.75) is 52.6 Å². The molecule has 0 radical (unpaired) electrons. The van der Waals surface area contributed by atoms with Crippen molar-refractivity contribution >= 4 is 11.3 Å². The maximum absolute atomic E-state index is 4.35. The zero-order valence-corrected chi connectivity index (χ0v) is 13.0. The van der Waals surface area contributed by atoms with Crippen LogP contribution in [0.1, 0.15) is 51.6 Å². The molecule has 0 saturated carbocycles. The van der Waals surface area contributed by atoms with Crippen LogP contribution in [0.3, 0.4) is 0 Å². The lowest BCUT2D eigenvalue weighted by atomic mass is 10.1. The molecule has 0 bridgehead atoms. The number of rotatable bonds is 9. The average molecular weight is 269 g/mol. The molecule has 0 saturated heterocycles. The highest BCUT2D eigenvalue weighted by molar-refractivity contribution is 7.09. The summed E-state index contributed by atoms with van der Waals surface area (Å²) in [6.07, 6.45) is 4.37. The fourth-order valence-electron chi connectivity index (χ4n) is 2.19. The van der Waals surface area contributed by atoms with Gasteiger partial charge in [-0.15, -0.1) is 11.3 Å². The average Bonchev–Trinajstić information content (AvgIpc) is 2.88. The summed E-state index contributed by atoms with van der Waals surface area (Å²) in [7, 11) is 0. The molecule has 1 rings (SSSR count). The van der Waals surface area contributed by atoms with E-state index in [1.54, 1.807) is 11.3 Å². The molecule has 0 amide bonds. The van der Waals surface area contributed by atoms with E-state index in [1.807, 2.05) is 11.6 Å². The maximum Gasteiger partial charge on any atom is 0.109 e. The first kappa shape index (κ1) is 15.6. The van der Waals surface area contributed by atoms with Crippen molar-refractivity contribution in [3.8, 4) is 0 Å². The highest BCUT2D eigenvalue weighted by Crippen LogP contribution is 2.16. The third-order valence-corrected chi connectivity index (χ3v) is 4.32. The number of aromatic nitrogens is 1. The van der Waals surface area contributed by atoms with Gasteiger partial charge in [-0.1, -0.05) is 13.8 Å². The second kappa shape index (κ2) is 8.62. The van der Waals surface area contributed by atoms with Gasteiger partial charge in [0.05, 0.1) is 6.04 Å². The summed E-state index contributed by atoms with van der Waals surface area (Å²) < 4.78 is 0. The summed E-state index contributed by atoms with van der Waals surface area (Å²) >= 11 is 1.73. The van der Waals surface area contributed by atoms with Gasteiger partial charge in [0.2, 0.25) is 0 Å². The molecule has 2 atom stereocenters. The Hall–Kier alpha value is -0.450. The number of nitrogens with zero attached hydrogens (tertiary/aromatic N) is 2. The molecule has 2 unspecified atom stereocenters. The Morgan fingerprint density at radius 2 is 2.06 bits per heavy atom. The predicted octanol–water partition coefficient (Wildman–Crippen LogP) is 3.30. The molecule has 0 aliphatic carbocycles. The summed E-state index contributed by atoms with van der Waals surface area (Å²) in [4.78, 5) is 6.84. The van der Waals surface area contributed by atoms with Crippen LogP contribution >= 0.6 is 11.3 Å². The van der Waals surface area contributed by atoms with Gasteiger partial charge >= 0.3 is 0 Å². The van der Waals surface area contributed by atoms with E-state index < -0.39 is 0 Å². The van der Waals surface area contributed by atoms with Crippen molar-refractivity contribution in [2.75, 3.05) is 19.6 Å². The molecule has 0 aliphatic rings. The fourth-order valence-corrected chi connectivity index (χ4v) is 2.85. The molecular weight excluding hydrogens is 242 g/mol. The zero-order chi connectivity index (χ0) is 13.4. The Bertz CT molecular complexity index is 296. The topological polar surface area (TPSA) is 28.2 Å². The molecule has 0 aliphatic heterocycles. The van der Waals surface area contributed by atoms with Gasteiger partial charge in [0.15, 0.2) is 0 Å². The molecule has 1 aromatic rings. The van der Waals surface area contributed by atoms with Crippen molar-refractivity contribution in [1.29, 1.82) is 0 Å². The van der Waals surface area contributed by atoms with E-state index in [1.165, 1.54) is 24.4 Å². The molecule has 104 valence electrons. The van der Waals surface area contributed by atoms with Gasteiger partial charge in [-0.05, 0) is 46.3 Å². The molecule has 1 aromatic heterocycles. The molecule has 0 spiro atoms.